The van der Waals surface area contributed by atoms with Crippen LogP contribution in [0.1, 0.15) is 27.6 Å². The number of hydrogen-bond donors (Lipinski definition) is 0. The lowest BCUT2D eigenvalue weighted by Crippen LogP contribution is -1.97. The first-order valence-electron chi connectivity index (χ1n) is 5.65. The summed E-state index contributed by atoms with van der Waals surface area (Å²) in [5.74, 6) is 0. The molecule has 1 atom stereocenters. The molecule has 1 unspecified atom stereocenters. The van der Waals surface area contributed by atoms with Crippen LogP contribution in [0.4, 0.5) is 0 Å². The van der Waals surface area contributed by atoms with E-state index in [1.807, 2.05) is 12.1 Å². The van der Waals surface area contributed by atoms with Crippen molar-refractivity contribution < 1.29 is 0 Å². The van der Waals surface area contributed by atoms with Crippen molar-refractivity contribution >= 4 is 34.8 Å². The quantitative estimate of drug-likeness (QED) is 0.602. The summed E-state index contributed by atoms with van der Waals surface area (Å²) in [5.41, 5.74) is 4.43. The van der Waals surface area contributed by atoms with Crippen LogP contribution >= 0.6 is 34.8 Å². The van der Waals surface area contributed by atoms with Gasteiger partial charge in [-0.2, -0.15) is 0 Å². The Balaban J connectivity index is 2.44. The minimum Gasteiger partial charge on any atom is -0.113 e. The summed E-state index contributed by atoms with van der Waals surface area (Å²) in [6, 6.07) is 11.8. The second kappa shape index (κ2) is 5.52. The largest absolute Gasteiger partial charge is 0.113 e. The molecule has 0 aromatic heterocycles. The van der Waals surface area contributed by atoms with Crippen LogP contribution < -0.4 is 0 Å². The molecule has 0 aliphatic carbocycles. The summed E-state index contributed by atoms with van der Waals surface area (Å²) >= 11 is 18.5. The number of aryl methyl sites for hydroxylation is 2. The Hall–Kier alpha value is -0.690. The molecule has 0 nitrogen and oxygen atoms in total. The molecule has 0 N–H and O–H groups in total. The molecule has 0 amide bonds. The zero-order chi connectivity index (χ0) is 13.3. The third-order valence-electron chi connectivity index (χ3n) is 2.94. The van der Waals surface area contributed by atoms with Crippen LogP contribution in [0.15, 0.2) is 36.4 Å². The molecule has 0 heterocycles. The van der Waals surface area contributed by atoms with E-state index in [2.05, 4.69) is 32.0 Å². The molecule has 0 saturated heterocycles. The highest BCUT2D eigenvalue weighted by Gasteiger charge is 2.14. The van der Waals surface area contributed by atoms with Gasteiger partial charge in [0.2, 0.25) is 0 Å². The molecule has 2 rings (SSSR count). The Morgan fingerprint density at radius 2 is 1.61 bits per heavy atom. The first-order chi connectivity index (χ1) is 8.49. The van der Waals surface area contributed by atoms with Crippen LogP contribution in [0.25, 0.3) is 0 Å². The van der Waals surface area contributed by atoms with Crippen molar-refractivity contribution in [1.82, 2.24) is 0 Å². The molecule has 0 fully saturated rings. The van der Waals surface area contributed by atoms with Gasteiger partial charge in [-0.15, -0.1) is 11.6 Å². The molecule has 18 heavy (non-hydrogen) atoms. The van der Waals surface area contributed by atoms with E-state index < -0.39 is 0 Å². The maximum atomic E-state index is 6.53. The summed E-state index contributed by atoms with van der Waals surface area (Å²) in [7, 11) is 0. The Morgan fingerprint density at radius 3 is 2.28 bits per heavy atom. The van der Waals surface area contributed by atoms with Gasteiger partial charge >= 0.3 is 0 Å². The SMILES string of the molecule is Cc1ccc(C)c(C(Cl)c2ccc(Cl)c(Cl)c2)c1. The van der Waals surface area contributed by atoms with Crippen LogP contribution in [0.3, 0.4) is 0 Å². The van der Waals surface area contributed by atoms with Gasteiger partial charge in [0.15, 0.2) is 0 Å². The van der Waals surface area contributed by atoms with Gasteiger partial charge in [-0.25, -0.2) is 0 Å². The van der Waals surface area contributed by atoms with Crippen molar-refractivity contribution in [2.75, 3.05) is 0 Å². The number of rotatable bonds is 2. The van der Waals surface area contributed by atoms with Crippen molar-refractivity contribution in [2.24, 2.45) is 0 Å². The highest BCUT2D eigenvalue weighted by Crippen LogP contribution is 2.34. The van der Waals surface area contributed by atoms with E-state index in [1.165, 1.54) is 11.1 Å². The van der Waals surface area contributed by atoms with Gasteiger partial charge in [-0.3, -0.25) is 0 Å². The lowest BCUT2D eigenvalue weighted by atomic mass is 9.98. The highest BCUT2D eigenvalue weighted by molar-refractivity contribution is 6.42. The molecule has 0 radical (unpaired) electrons. The molecule has 0 saturated carbocycles. The van der Waals surface area contributed by atoms with Crippen LogP contribution in [-0.4, -0.2) is 0 Å². The van der Waals surface area contributed by atoms with E-state index >= 15 is 0 Å². The van der Waals surface area contributed by atoms with Gasteiger partial charge < -0.3 is 0 Å². The minimum atomic E-state index is -0.209. The third kappa shape index (κ3) is 2.83. The molecular formula is C15H13Cl3. The molecule has 2 aromatic carbocycles. The number of alkyl halides is 1. The highest BCUT2D eigenvalue weighted by atomic mass is 35.5. The standard InChI is InChI=1S/C15H13Cl3/c1-9-3-4-10(2)12(7-9)15(18)11-5-6-13(16)14(17)8-11/h3-8,15H,1-2H3. The predicted octanol–water partition coefficient (Wildman–Crippen LogP) is 5.94. The van der Waals surface area contributed by atoms with Crippen molar-refractivity contribution in [3.05, 3.63) is 68.7 Å². The minimum absolute atomic E-state index is 0.209. The maximum Gasteiger partial charge on any atom is 0.0838 e. The van der Waals surface area contributed by atoms with Crippen molar-refractivity contribution in [3.8, 4) is 0 Å². The first-order valence-corrected chi connectivity index (χ1v) is 6.84. The lowest BCUT2D eigenvalue weighted by molar-refractivity contribution is 1.10. The normalized spacial score (nSPS) is 12.5. The predicted molar refractivity (Wildman–Crippen MR) is 80.1 cm³/mol. The van der Waals surface area contributed by atoms with Crippen LogP contribution in [0, 0.1) is 13.8 Å². The van der Waals surface area contributed by atoms with Gasteiger partial charge in [-0.1, -0.05) is 53.0 Å². The number of benzene rings is 2. The zero-order valence-electron chi connectivity index (χ0n) is 10.2. The monoisotopic (exact) mass is 298 g/mol. The molecule has 94 valence electrons. The van der Waals surface area contributed by atoms with Crippen molar-refractivity contribution in [2.45, 2.75) is 19.2 Å². The molecule has 2 aromatic rings. The van der Waals surface area contributed by atoms with Crippen molar-refractivity contribution in [1.29, 1.82) is 0 Å². The van der Waals surface area contributed by atoms with E-state index in [-0.39, 0.29) is 5.38 Å². The molecule has 3 heteroatoms. The Labute approximate surface area is 122 Å². The summed E-state index contributed by atoms with van der Waals surface area (Å²) in [5, 5.41) is 0.870. The number of halogens is 3. The molecular weight excluding hydrogens is 287 g/mol. The van der Waals surface area contributed by atoms with Gasteiger partial charge in [0, 0.05) is 0 Å². The Bertz CT molecular complexity index is 576. The fourth-order valence-corrected chi connectivity index (χ4v) is 2.56. The van der Waals surface area contributed by atoms with Crippen LogP contribution in [0.5, 0.6) is 0 Å². The smallest absolute Gasteiger partial charge is 0.0838 e. The van der Waals surface area contributed by atoms with Crippen molar-refractivity contribution in [3.63, 3.8) is 0 Å². The third-order valence-corrected chi connectivity index (χ3v) is 4.17. The second-order valence-electron chi connectivity index (χ2n) is 4.40. The summed E-state index contributed by atoms with van der Waals surface area (Å²) < 4.78 is 0. The average molecular weight is 300 g/mol. The number of hydrogen-bond acceptors (Lipinski definition) is 0. The Morgan fingerprint density at radius 1 is 0.889 bits per heavy atom. The lowest BCUT2D eigenvalue weighted by Gasteiger charge is -2.14. The van der Waals surface area contributed by atoms with E-state index in [4.69, 9.17) is 34.8 Å². The fraction of sp³-hybridized carbons (Fsp3) is 0.200. The zero-order valence-corrected chi connectivity index (χ0v) is 12.4. The Kier molecular flexibility index (Phi) is 4.21. The van der Waals surface area contributed by atoms with Gasteiger partial charge in [0.25, 0.3) is 0 Å². The van der Waals surface area contributed by atoms with E-state index in [9.17, 15) is 0 Å². The van der Waals surface area contributed by atoms with Crippen LogP contribution in [0.2, 0.25) is 10.0 Å². The summed E-state index contributed by atoms with van der Waals surface area (Å²) in [6.07, 6.45) is 0. The maximum absolute atomic E-state index is 6.53. The fourth-order valence-electron chi connectivity index (χ4n) is 1.88. The molecule has 0 aliphatic heterocycles. The molecule has 0 spiro atoms. The van der Waals surface area contributed by atoms with Crippen LogP contribution in [-0.2, 0) is 0 Å². The topological polar surface area (TPSA) is 0 Å². The van der Waals surface area contributed by atoms with E-state index in [0.717, 1.165) is 11.1 Å². The van der Waals surface area contributed by atoms with Gasteiger partial charge in [0.1, 0.15) is 0 Å². The second-order valence-corrected chi connectivity index (χ2v) is 5.65. The van der Waals surface area contributed by atoms with Gasteiger partial charge in [0.05, 0.1) is 15.4 Å². The first kappa shape index (κ1) is 13.7. The summed E-state index contributed by atoms with van der Waals surface area (Å²) in [6.45, 7) is 4.11. The average Bonchev–Trinajstić information content (AvgIpc) is 2.35. The van der Waals surface area contributed by atoms with Gasteiger partial charge in [-0.05, 0) is 42.7 Å². The van der Waals surface area contributed by atoms with E-state index in [1.54, 1.807) is 6.07 Å². The summed E-state index contributed by atoms with van der Waals surface area (Å²) in [4.78, 5) is 0. The van der Waals surface area contributed by atoms with E-state index in [0.29, 0.717) is 10.0 Å². The molecule has 0 bridgehead atoms. The molecule has 0 aliphatic rings.